The number of nitrogens with one attached hydrogen (secondary N) is 1. The van der Waals surface area contributed by atoms with Gasteiger partial charge in [-0.3, -0.25) is 14.4 Å². The van der Waals surface area contributed by atoms with Crippen molar-refractivity contribution in [3.05, 3.63) is 143 Å². The lowest BCUT2D eigenvalue weighted by molar-refractivity contribution is -0.248. The molecule has 6 N–H and O–H groups in total. The van der Waals surface area contributed by atoms with Gasteiger partial charge in [0.1, 0.15) is 45.4 Å². The Morgan fingerprint density at radius 3 is 1.93 bits per heavy atom. The lowest BCUT2D eigenvalue weighted by Crippen LogP contribution is -2.57. The average Bonchev–Trinajstić information content (AvgIpc) is 3.24. The van der Waals surface area contributed by atoms with Crippen molar-refractivity contribution in [2.45, 2.75) is 62.4 Å². The van der Waals surface area contributed by atoms with Crippen LogP contribution in [0.25, 0.3) is 0 Å². The molecule has 0 amide bonds. The van der Waals surface area contributed by atoms with E-state index in [4.69, 9.17) is 14.2 Å². The summed E-state index contributed by atoms with van der Waals surface area (Å²) in [4.78, 5) is 41.2. The molecule has 1 fully saturated rings. The summed E-state index contributed by atoms with van der Waals surface area (Å²) in [5.74, 6) is -3.80. The maximum Gasteiger partial charge on any atom is 0.202 e. The highest BCUT2D eigenvalue weighted by Gasteiger charge is 2.53. The molecule has 14 heteroatoms. The Morgan fingerprint density at radius 2 is 1.39 bits per heavy atom. The Labute approximate surface area is 347 Å². The van der Waals surface area contributed by atoms with Gasteiger partial charge in [0.05, 0.1) is 48.2 Å². The third-order valence-corrected chi connectivity index (χ3v) is 15.5. The summed E-state index contributed by atoms with van der Waals surface area (Å²) in [7, 11) is -1.37. The van der Waals surface area contributed by atoms with E-state index in [2.05, 4.69) is 41.5 Å². The fourth-order valence-corrected chi connectivity index (χ4v) is 12.7. The van der Waals surface area contributed by atoms with Gasteiger partial charge in [0.2, 0.25) is 5.78 Å². The molecule has 0 radical (unpaired) electrons. The van der Waals surface area contributed by atoms with Crippen LogP contribution in [0.5, 0.6) is 17.2 Å². The molecular formula is C45H44ClNO11P+. The number of ether oxygens (including phenoxy) is 3. The van der Waals surface area contributed by atoms with Crippen LogP contribution >= 0.6 is 19.8 Å². The molecule has 12 nitrogen and oxygen atoms in total. The number of phenols is 2. The van der Waals surface area contributed by atoms with E-state index in [0.29, 0.717) is 0 Å². The number of aromatic hydroxyl groups is 2. The fourth-order valence-electron chi connectivity index (χ4n) is 8.72. The van der Waals surface area contributed by atoms with Gasteiger partial charge < -0.3 is 39.7 Å². The van der Waals surface area contributed by atoms with Crippen molar-refractivity contribution < 1.29 is 54.1 Å². The number of carbonyl (C=O) groups is 3. The number of ketones is 3. The SMILES string of the molecule is COc1cccc2c1C(=O)c1c(O)c3c(c(O)c1C2=O)C[C@@](O)(C(=O)CO)C[C@@H]3OC1CC(N[P+](c2ccccc2)(c2ccccc2)c2ccccc2)C(O)C(C)O1.Cl. The number of phenolic OH excluding ortho intramolecular Hbond substituents is 2. The lowest BCUT2D eigenvalue weighted by Gasteiger charge is -2.43. The number of benzene rings is 5. The Balaban J connectivity index is 0.00000528. The molecule has 0 saturated carbocycles. The highest BCUT2D eigenvalue weighted by molar-refractivity contribution is 7.94. The zero-order chi connectivity index (χ0) is 40.9. The summed E-state index contributed by atoms with van der Waals surface area (Å²) >= 11 is 0. The fraction of sp³-hybridized carbons (Fsp3) is 0.267. The molecule has 1 saturated heterocycles. The van der Waals surface area contributed by atoms with Gasteiger partial charge in [0, 0.05) is 36.0 Å². The molecule has 4 unspecified atom stereocenters. The molecule has 0 aromatic heterocycles. The number of methoxy groups -OCH3 is 1. The number of fused-ring (bicyclic) bond motifs is 3. The summed E-state index contributed by atoms with van der Waals surface area (Å²) in [6.45, 7) is 0.651. The second-order valence-electron chi connectivity index (χ2n) is 14.9. The van der Waals surface area contributed by atoms with Crippen molar-refractivity contribution >= 4 is 53.1 Å². The summed E-state index contributed by atoms with van der Waals surface area (Å²) in [6, 6.07) is 33.7. The van der Waals surface area contributed by atoms with Crippen molar-refractivity contribution in [2.75, 3.05) is 13.7 Å². The predicted molar refractivity (Wildman–Crippen MR) is 223 cm³/mol. The van der Waals surface area contributed by atoms with Gasteiger partial charge in [-0.15, -0.1) is 12.4 Å². The van der Waals surface area contributed by atoms with Gasteiger partial charge in [-0.2, -0.15) is 5.09 Å². The summed E-state index contributed by atoms with van der Waals surface area (Å²) in [5.41, 5.74) is -3.71. The van der Waals surface area contributed by atoms with Gasteiger partial charge in [0.15, 0.2) is 25.3 Å². The third kappa shape index (κ3) is 7.03. The van der Waals surface area contributed by atoms with Gasteiger partial charge in [-0.05, 0) is 49.4 Å². The van der Waals surface area contributed by atoms with Crippen molar-refractivity contribution in [3.8, 4) is 17.2 Å². The molecule has 2 aliphatic carbocycles. The highest BCUT2D eigenvalue weighted by Crippen LogP contribution is 2.55. The lowest BCUT2D eigenvalue weighted by atomic mass is 9.72. The highest BCUT2D eigenvalue weighted by atomic mass is 35.5. The Morgan fingerprint density at radius 1 is 0.831 bits per heavy atom. The first-order chi connectivity index (χ1) is 27.9. The minimum absolute atomic E-state index is 0. The number of aliphatic hydroxyl groups excluding tert-OH is 2. The zero-order valence-electron chi connectivity index (χ0n) is 32.1. The molecule has 1 aliphatic heterocycles. The van der Waals surface area contributed by atoms with Crippen LogP contribution < -0.4 is 25.7 Å². The molecular weight excluding hydrogens is 797 g/mol. The predicted octanol–water partition coefficient (Wildman–Crippen LogP) is 3.96. The minimum Gasteiger partial charge on any atom is -0.507 e. The molecule has 3 aliphatic rings. The van der Waals surface area contributed by atoms with Crippen LogP contribution in [-0.4, -0.2) is 86.7 Å². The van der Waals surface area contributed by atoms with Crippen molar-refractivity contribution in [2.24, 2.45) is 0 Å². The number of hydrogen-bond donors (Lipinski definition) is 6. The van der Waals surface area contributed by atoms with Crippen LogP contribution in [0.4, 0.5) is 0 Å². The monoisotopic (exact) mass is 840 g/mol. The van der Waals surface area contributed by atoms with Crippen molar-refractivity contribution in [3.63, 3.8) is 0 Å². The van der Waals surface area contributed by atoms with E-state index >= 15 is 0 Å². The first-order valence-electron chi connectivity index (χ1n) is 19.0. The van der Waals surface area contributed by atoms with Crippen LogP contribution in [-0.2, 0) is 20.7 Å². The smallest absolute Gasteiger partial charge is 0.202 e. The topological polar surface area (TPSA) is 192 Å². The number of Topliss-reactive ketones (excluding diaryl/α,β-unsaturated/α-hetero) is 1. The van der Waals surface area contributed by atoms with E-state index in [1.807, 2.05) is 54.6 Å². The third-order valence-electron chi connectivity index (χ3n) is 11.6. The Kier molecular flexibility index (Phi) is 11.8. The van der Waals surface area contributed by atoms with E-state index < -0.39 is 103 Å². The van der Waals surface area contributed by atoms with Gasteiger partial charge >= 0.3 is 0 Å². The van der Waals surface area contributed by atoms with Crippen LogP contribution in [0.3, 0.4) is 0 Å². The maximum absolute atomic E-state index is 14.1. The average molecular weight is 841 g/mol. The second-order valence-corrected chi connectivity index (χ2v) is 18.1. The first kappa shape index (κ1) is 42.1. The Hall–Kier alpha value is -5.01. The number of rotatable bonds is 10. The normalized spacial score (nSPS) is 23.6. The largest absolute Gasteiger partial charge is 0.507 e. The molecule has 1 heterocycles. The van der Waals surface area contributed by atoms with Crippen molar-refractivity contribution in [1.29, 1.82) is 0 Å². The maximum atomic E-state index is 14.1. The number of halogens is 1. The van der Waals surface area contributed by atoms with Crippen LogP contribution in [0, 0.1) is 0 Å². The van der Waals surface area contributed by atoms with Gasteiger partial charge in [-0.1, -0.05) is 66.7 Å². The van der Waals surface area contributed by atoms with E-state index in [-0.39, 0.29) is 46.8 Å². The first-order valence-corrected chi connectivity index (χ1v) is 20.8. The van der Waals surface area contributed by atoms with E-state index in [9.17, 15) is 39.9 Å². The number of carbonyl (C=O) groups excluding carboxylic acids is 3. The summed E-state index contributed by atoms with van der Waals surface area (Å²) in [6.07, 6.45) is -5.45. The van der Waals surface area contributed by atoms with Crippen molar-refractivity contribution in [1.82, 2.24) is 5.09 Å². The second kappa shape index (κ2) is 16.6. The molecule has 5 aromatic rings. The molecule has 8 rings (SSSR count). The summed E-state index contributed by atoms with van der Waals surface area (Å²) in [5, 5.41) is 64.3. The zero-order valence-corrected chi connectivity index (χ0v) is 33.9. The molecule has 5 aromatic carbocycles. The number of aliphatic hydroxyl groups is 3. The molecule has 6 atom stereocenters. The van der Waals surface area contributed by atoms with Crippen LogP contribution in [0.1, 0.15) is 68.8 Å². The standard InChI is InChI=1S/C45H42NO11P.ClH/c1-25-40(49)31(46-58(26-13-6-3-7-14-26,27-15-8-4-9-16-27)28-17-10-5-11-18-28)21-35(56-25)57-33-23-45(54,34(48)24-47)22-30-37(33)44(53)39-38(42(30)51)41(50)29-19-12-20-32(55-2)36(29)43(39)52;/h3-20,25,31,33,35,40,46-47,49,54H,21-24H2,1-2H3,(H-,50,51,52,53);1H/p+1/t25?,31?,33-,35?,40?,45-;/m0./s1. The summed E-state index contributed by atoms with van der Waals surface area (Å²) < 4.78 is 18.2. The molecule has 59 heavy (non-hydrogen) atoms. The minimum atomic E-state index is -2.71. The molecule has 0 bridgehead atoms. The Bertz CT molecular complexity index is 2300. The number of hydrogen-bond acceptors (Lipinski definition) is 12. The molecule has 306 valence electrons. The van der Waals surface area contributed by atoms with Crippen LogP contribution in [0.2, 0.25) is 0 Å². The van der Waals surface area contributed by atoms with E-state index in [1.54, 1.807) is 6.92 Å². The van der Waals surface area contributed by atoms with Gasteiger partial charge in [0.25, 0.3) is 0 Å². The van der Waals surface area contributed by atoms with Crippen LogP contribution in [0.15, 0.2) is 109 Å². The molecule has 0 spiro atoms. The van der Waals surface area contributed by atoms with Gasteiger partial charge in [-0.25, -0.2) is 0 Å². The van der Waals surface area contributed by atoms with E-state index in [1.165, 1.54) is 25.3 Å². The quantitative estimate of drug-likeness (QED) is 0.0862. The van der Waals surface area contributed by atoms with E-state index in [0.717, 1.165) is 15.9 Å².